The monoisotopic (exact) mass is 448 g/mol. The Balaban J connectivity index is 1.81. The highest BCUT2D eigenvalue weighted by molar-refractivity contribution is 6.03. The van der Waals surface area contributed by atoms with Crippen molar-refractivity contribution in [2.45, 2.75) is 39.8 Å². The van der Waals surface area contributed by atoms with E-state index in [0.29, 0.717) is 32.9 Å². The van der Waals surface area contributed by atoms with E-state index >= 15 is 0 Å². The van der Waals surface area contributed by atoms with Gasteiger partial charge in [-0.1, -0.05) is 18.2 Å². The van der Waals surface area contributed by atoms with Crippen molar-refractivity contribution in [3.05, 3.63) is 48.9 Å². The van der Waals surface area contributed by atoms with Gasteiger partial charge in [0.05, 0.1) is 30.7 Å². The molecule has 0 unspecified atom stereocenters. The second-order valence-corrected chi connectivity index (χ2v) is 8.68. The van der Waals surface area contributed by atoms with E-state index in [-0.39, 0.29) is 0 Å². The summed E-state index contributed by atoms with van der Waals surface area (Å²) < 4.78 is 13.1. The lowest BCUT2D eigenvalue weighted by Crippen LogP contribution is -2.25. The molecule has 2 aromatic heterocycles. The molecule has 2 aromatic carbocycles. The molecule has 2 heterocycles. The third-order valence-electron chi connectivity index (χ3n) is 5.39. The number of benzene rings is 2. The molecule has 0 amide bonds. The maximum absolute atomic E-state index is 10.5. The van der Waals surface area contributed by atoms with E-state index in [0.717, 1.165) is 44.5 Å². The third-order valence-corrected chi connectivity index (χ3v) is 5.39. The van der Waals surface area contributed by atoms with Gasteiger partial charge in [-0.05, 0) is 62.2 Å². The molecule has 2 N–H and O–H groups in total. The molecule has 0 bridgehead atoms. The lowest BCUT2D eigenvalue weighted by Gasteiger charge is -2.18. The van der Waals surface area contributed by atoms with Crippen LogP contribution < -0.4 is 10.1 Å². The van der Waals surface area contributed by atoms with Gasteiger partial charge in [0.15, 0.2) is 0 Å². The van der Waals surface area contributed by atoms with Crippen LogP contribution in [-0.2, 0) is 11.3 Å². The number of hydrogen-bond donors (Lipinski definition) is 2. The highest BCUT2D eigenvalue weighted by atomic mass is 16.5. The van der Waals surface area contributed by atoms with Crippen molar-refractivity contribution < 1.29 is 14.6 Å². The van der Waals surface area contributed by atoms with Crippen molar-refractivity contribution in [3.8, 4) is 16.9 Å². The number of aliphatic hydroxyl groups is 1. The molecule has 4 aromatic rings. The normalized spacial score (nSPS) is 11.9. The van der Waals surface area contributed by atoms with Crippen LogP contribution in [0.25, 0.3) is 32.9 Å². The van der Waals surface area contributed by atoms with E-state index in [2.05, 4.69) is 51.8 Å². The summed E-state index contributed by atoms with van der Waals surface area (Å²) in [6.45, 7) is 10.5. The molecule has 0 saturated carbocycles. The second-order valence-electron chi connectivity index (χ2n) is 8.68. The van der Waals surface area contributed by atoms with Crippen LogP contribution >= 0.6 is 0 Å². The molecule has 4 rings (SSSR count). The average Bonchev–Trinajstić information content (AvgIpc) is 3.14. The largest absolute Gasteiger partial charge is 0.494 e. The summed E-state index contributed by atoms with van der Waals surface area (Å²) in [5, 5.41) is 17.1. The summed E-state index contributed by atoms with van der Waals surface area (Å²) in [6.07, 6.45) is 3.62. The molecule has 174 valence electrons. The first-order chi connectivity index (χ1) is 15.9. The lowest BCUT2D eigenvalue weighted by molar-refractivity contribution is 0.0627. The van der Waals surface area contributed by atoms with Crippen LogP contribution in [-0.4, -0.2) is 51.6 Å². The van der Waals surface area contributed by atoms with Gasteiger partial charge in [-0.3, -0.25) is 0 Å². The maximum Gasteiger partial charge on any atom is 0.146 e. The van der Waals surface area contributed by atoms with E-state index in [4.69, 9.17) is 9.47 Å². The zero-order valence-corrected chi connectivity index (χ0v) is 19.8. The van der Waals surface area contributed by atoms with Crippen LogP contribution in [0.3, 0.4) is 0 Å². The molecule has 0 saturated heterocycles. The Morgan fingerprint density at radius 1 is 1.03 bits per heavy atom. The fraction of sp³-hybridized carbons (Fsp3) is 0.385. The molecule has 0 fully saturated rings. The maximum atomic E-state index is 10.5. The van der Waals surface area contributed by atoms with E-state index in [1.165, 1.54) is 0 Å². The minimum atomic E-state index is -0.879. The number of nitrogens with zero attached hydrogens (tertiary/aromatic N) is 3. The van der Waals surface area contributed by atoms with Crippen molar-refractivity contribution in [1.29, 1.82) is 0 Å². The fourth-order valence-corrected chi connectivity index (χ4v) is 4.05. The van der Waals surface area contributed by atoms with Crippen LogP contribution in [0.1, 0.15) is 27.7 Å². The Morgan fingerprint density at radius 2 is 1.82 bits per heavy atom. The molecular weight excluding hydrogens is 416 g/mol. The molecule has 7 nitrogen and oxygen atoms in total. The average molecular weight is 449 g/mol. The first-order valence-corrected chi connectivity index (χ1v) is 11.4. The number of anilines is 1. The standard InChI is InChI=1S/C26H32N4O3/c1-5-32-12-11-27-24-23-22(15-30(16-26(3,4)31)25(23)29-17-28-24)20-8-7-19-14-21(33-6-2)10-9-18(19)13-20/h7-10,13-15,17,31H,5-6,11-12,16H2,1-4H3,(H,27,28,29). The molecular formula is C26H32N4O3. The SMILES string of the molecule is CCOCCNc1ncnc2c1c(-c1ccc3cc(OCC)ccc3c1)cn2CC(C)(C)O. The minimum absolute atomic E-state index is 0.421. The Kier molecular flexibility index (Phi) is 6.81. The zero-order chi connectivity index (χ0) is 23.4. The van der Waals surface area contributed by atoms with Crippen molar-refractivity contribution in [2.75, 3.05) is 31.7 Å². The highest BCUT2D eigenvalue weighted by Gasteiger charge is 2.21. The quantitative estimate of drug-likeness (QED) is 0.337. The van der Waals surface area contributed by atoms with Gasteiger partial charge in [0.1, 0.15) is 23.5 Å². The van der Waals surface area contributed by atoms with Crippen molar-refractivity contribution >= 4 is 27.6 Å². The van der Waals surface area contributed by atoms with Crippen LogP contribution in [0.5, 0.6) is 5.75 Å². The Bertz CT molecular complexity index is 1240. The predicted octanol–water partition coefficient (Wildman–Crippen LogP) is 4.87. The summed E-state index contributed by atoms with van der Waals surface area (Å²) in [6, 6.07) is 12.5. The third kappa shape index (κ3) is 5.26. The number of ether oxygens (including phenoxy) is 2. The predicted molar refractivity (Wildman–Crippen MR) is 133 cm³/mol. The smallest absolute Gasteiger partial charge is 0.146 e. The van der Waals surface area contributed by atoms with Gasteiger partial charge in [-0.25, -0.2) is 9.97 Å². The Hall–Kier alpha value is -3.16. The van der Waals surface area contributed by atoms with Crippen LogP contribution in [0.4, 0.5) is 5.82 Å². The minimum Gasteiger partial charge on any atom is -0.494 e. The van der Waals surface area contributed by atoms with E-state index in [1.807, 2.05) is 24.5 Å². The Morgan fingerprint density at radius 3 is 2.58 bits per heavy atom. The van der Waals surface area contributed by atoms with Gasteiger partial charge >= 0.3 is 0 Å². The van der Waals surface area contributed by atoms with E-state index < -0.39 is 5.60 Å². The number of fused-ring (bicyclic) bond motifs is 2. The molecule has 0 aliphatic carbocycles. The molecule has 7 heteroatoms. The van der Waals surface area contributed by atoms with Crippen LogP contribution in [0, 0.1) is 0 Å². The summed E-state index contributed by atoms with van der Waals surface area (Å²) >= 11 is 0. The number of nitrogens with one attached hydrogen (secondary N) is 1. The van der Waals surface area contributed by atoms with Gasteiger partial charge in [0.25, 0.3) is 0 Å². The van der Waals surface area contributed by atoms with Crippen molar-refractivity contribution in [2.24, 2.45) is 0 Å². The molecule has 0 aliphatic heterocycles. The molecule has 0 radical (unpaired) electrons. The fourth-order valence-electron chi connectivity index (χ4n) is 4.05. The summed E-state index contributed by atoms with van der Waals surface area (Å²) in [7, 11) is 0. The number of hydrogen-bond acceptors (Lipinski definition) is 6. The molecule has 0 atom stereocenters. The summed E-state index contributed by atoms with van der Waals surface area (Å²) in [5.41, 5.74) is 1.99. The van der Waals surface area contributed by atoms with Gasteiger partial charge in [-0.15, -0.1) is 0 Å². The van der Waals surface area contributed by atoms with E-state index in [9.17, 15) is 5.11 Å². The molecule has 0 aliphatic rings. The van der Waals surface area contributed by atoms with Gasteiger partial charge < -0.3 is 24.5 Å². The van der Waals surface area contributed by atoms with Gasteiger partial charge in [0, 0.05) is 24.9 Å². The highest BCUT2D eigenvalue weighted by Crippen LogP contribution is 2.36. The van der Waals surface area contributed by atoms with Crippen molar-refractivity contribution in [3.63, 3.8) is 0 Å². The van der Waals surface area contributed by atoms with Crippen molar-refractivity contribution in [1.82, 2.24) is 14.5 Å². The summed E-state index contributed by atoms with van der Waals surface area (Å²) in [4.78, 5) is 9.09. The van der Waals surface area contributed by atoms with Crippen LogP contribution in [0.2, 0.25) is 0 Å². The summed E-state index contributed by atoms with van der Waals surface area (Å²) in [5.74, 6) is 1.63. The number of aromatic nitrogens is 3. The first-order valence-electron chi connectivity index (χ1n) is 11.4. The zero-order valence-electron chi connectivity index (χ0n) is 19.8. The van der Waals surface area contributed by atoms with Crippen LogP contribution in [0.15, 0.2) is 48.9 Å². The lowest BCUT2D eigenvalue weighted by atomic mass is 10.0. The van der Waals surface area contributed by atoms with Gasteiger partial charge in [-0.2, -0.15) is 0 Å². The molecule has 33 heavy (non-hydrogen) atoms. The second kappa shape index (κ2) is 9.77. The first kappa shape index (κ1) is 23.0. The number of rotatable bonds is 10. The van der Waals surface area contributed by atoms with Gasteiger partial charge in [0.2, 0.25) is 0 Å². The molecule has 0 spiro atoms. The Labute approximate surface area is 194 Å². The van der Waals surface area contributed by atoms with E-state index in [1.54, 1.807) is 20.2 Å². The topological polar surface area (TPSA) is 81.4 Å².